The molecule has 118 valence electrons. The number of tetrazole rings is 1. The molecule has 21 heavy (non-hydrogen) atoms. The molecular weight excluding hydrogens is 290 g/mol. The van der Waals surface area contributed by atoms with Crippen molar-refractivity contribution in [3.05, 3.63) is 0 Å². The van der Waals surface area contributed by atoms with E-state index in [-0.39, 0.29) is 23.2 Å². The highest BCUT2D eigenvalue weighted by molar-refractivity contribution is 8.00. The summed E-state index contributed by atoms with van der Waals surface area (Å²) in [5.74, 6) is 0.151. The van der Waals surface area contributed by atoms with Crippen molar-refractivity contribution in [2.45, 2.75) is 62.6 Å². The third-order valence-corrected chi connectivity index (χ3v) is 4.56. The van der Waals surface area contributed by atoms with E-state index in [0.717, 1.165) is 12.8 Å². The van der Waals surface area contributed by atoms with Crippen LogP contribution in [0.25, 0.3) is 0 Å². The Balaban J connectivity index is 1.76. The first-order valence-corrected chi connectivity index (χ1v) is 8.27. The Hall–Kier alpha value is -1.15. The second-order valence-corrected chi connectivity index (χ2v) is 7.10. The zero-order chi connectivity index (χ0) is 15.4. The van der Waals surface area contributed by atoms with Crippen LogP contribution in [-0.4, -0.2) is 49.1 Å². The van der Waals surface area contributed by atoms with E-state index >= 15 is 0 Å². The zero-order valence-electron chi connectivity index (χ0n) is 12.7. The van der Waals surface area contributed by atoms with Gasteiger partial charge in [-0.1, -0.05) is 25.6 Å². The monoisotopic (exact) mass is 313 g/mol. The lowest BCUT2D eigenvalue weighted by molar-refractivity contribution is -0.120. The van der Waals surface area contributed by atoms with Crippen molar-refractivity contribution in [3.63, 3.8) is 0 Å². The number of aliphatic hydroxyl groups excluding tert-OH is 1. The molecule has 0 unspecified atom stereocenters. The van der Waals surface area contributed by atoms with Gasteiger partial charge in [-0.15, -0.1) is 5.10 Å². The largest absolute Gasteiger partial charge is 0.393 e. The molecule has 8 heteroatoms. The number of aliphatic hydroxyl groups is 1. The SMILES string of the molecule is CC(C)[C@H](O)CCNC(=O)[C@@H](C)Sc1nnnn1C1CC1. The van der Waals surface area contributed by atoms with Crippen LogP contribution in [0.5, 0.6) is 0 Å². The molecular formula is C13H23N5O2S. The number of thioether (sulfide) groups is 1. The van der Waals surface area contributed by atoms with E-state index in [1.54, 1.807) is 4.68 Å². The summed E-state index contributed by atoms with van der Waals surface area (Å²) in [6.07, 6.45) is 2.40. The molecule has 1 aliphatic rings. The van der Waals surface area contributed by atoms with Crippen molar-refractivity contribution in [1.29, 1.82) is 0 Å². The first-order valence-electron chi connectivity index (χ1n) is 7.39. The highest BCUT2D eigenvalue weighted by Crippen LogP contribution is 2.37. The maximum Gasteiger partial charge on any atom is 0.233 e. The molecule has 1 fully saturated rings. The molecule has 1 saturated carbocycles. The maximum atomic E-state index is 12.0. The average molecular weight is 313 g/mol. The number of aromatic nitrogens is 4. The molecule has 1 amide bonds. The van der Waals surface area contributed by atoms with Crippen LogP contribution < -0.4 is 5.32 Å². The van der Waals surface area contributed by atoms with Gasteiger partial charge in [0, 0.05) is 6.54 Å². The summed E-state index contributed by atoms with van der Waals surface area (Å²) in [6, 6.07) is 0.402. The molecule has 2 atom stereocenters. The van der Waals surface area contributed by atoms with Gasteiger partial charge in [0.25, 0.3) is 0 Å². The Labute approximate surface area is 128 Å². The topological polar surface area (TPSA) is 92.9 Å². The van der Waals surface area contributed by atoms with Crippen LogP contribution in [0.3, 0.4) is 0 Å². The number of carbonyl (C=O) groups is 1. The van der Waals surface area contributed by atoms with Crippen LogP contribution in [0.15, 0.2) is 5.16 Å². The summed E-state index contributed by atoms with van der Waals surface area (Å²) in [7, 11) is 0. The van der Waals surface area contributed by atoms with E-state index < -0.39 is 0 Å². The van der Waals surface area contributed by atoms with Gasteiger partial charge >= 0.3 is 0 Å². The third-order valence-electron chi connectivity index (χ3n) is 3.52. The zero-order valence-corrected chi connectivity index (χ0v) is 13.5. The number of rotatable bonds is 8. The number of nitrogens with one attached hydrogen (secondary N) is 1. The van der Waals surface area contributed by atoms with Crippen molar-refractivity contribution < 1.29 is 9.90 Å². The minimum atomic E-state index is -0.379. The fraction of sp³-hybridized carbons (Fsp3) is 0.846. The summed E-state index contributed by atoms with van der Waals surface area (Å²) in [5.41, 5.74) is 0. The van der Waals surface area contributed by atoms with Gasteiger partial charge in [-0.3, -0.25) is 4.79 Å². The van der Waals surface area contributed by atoms with Gasteiger partial charge in [0.15, 0.2) is 0 Å². The molecule has 0 aromatic carbocycles. The van der Waals surface area contributed by atoms with E-state index in [9.17, 15) is 9.90 Å². The van der Waals surface area contributed by atoms with Gasteiger partial charge in [0.1, 0.15) is 0 Å². The Bertz CT molecular complexity index is 475. The fourth-order valence-electron chi connectivity index (χ4n) is 1.84. The first kappa shape index (κ1) is 16.2. The highest BCUT2D eigenvalue weighted by atomic mass is 32.2. The summed E-state index contributed by atoms with van der Waals surface area (Å²) in [6.45, 7) is 6.24. The molecule has 0 bridgehead atoms. The smallest absolute Gasteiger partial charge is 0.233 e. The van der Waals surface area contributed by atoms with E-state index in [1.165, 1.54) is 11.8 Å². The molecule has 2 N–H and O–H groups in total. The first-order chi connectivity index (χ1) is 9.99. The molecule has 0 radical (unpaired) electrons. The highest BCUT2D eigenvalue weighted by Gasteiger charge is 2.29. The Morgan fingerprint density at radius 3 is 2.81 bits per heavy atom. The lowest BCUT2D eigenvalue weighted by atomic mass is 10.0. The number of hydrogen-bond acceptors (Lipinski definition) is 6. The van der Waals surface area contributed by atoms with Gasteiger partial charge < -0.3 is 10.4 Å². The Morgan fingerprint density at radius 2 is 2.19 bits per heavy atom. The molecule has 0 aliphatic heterocycles. The second kappa shape index (κ2) is 7.22. The number of hydrogen-bond donors (Lipinski definition) is 2. The molecule has 1 aromatic heterocycles. The summed E-state index contributed by atoms with van der Waals surface area (Å²) < 4.78 is 1.80. The van der Waals surface area contributed by atoms with Crippen LogP contribution in [0.4, 0.5) is 0 Å². The molecule has 7 nitrogen and oxygen atoms in total. The number of nitrogens with zero attached hydrogens (tertiary/aromatic N) is 4. The van der Waals surface area contributed by atoms with Crippen LogP contribution in [0, 0.1) is 5.92 Å². The van der Waals surface area contributed by atoms with Gasteiger partial charge in [-0.2, -0.15) is 0 Å². The second-order valence-electron chi connectivity index (χ2n) is 5.79. The summed E-state index contributed by atoms with van der Waals surface area (Å²) in [4.78, 5) is 12.0. The Kier molecular flexibility index (Phi) is 5.58. The predicted octanol–water partition coefficient (Wildman–Crippen LogP) is 1.01. The maximum absolute atomic E-state index is 12.0. The van der Waals surface area contributed by atoms with E-state index in [2.05, 4.69) is 20.8 Å². The van der Waals surface area contributed by atoms with Crippen LogP contribution in [-0.2, 0) is 4.79 Å². The fourth-order valence-corrected chi connectivity index (χ4v) is 2.73. The lowest BCUT2D eigenvalue weighted by Crippen LogP contribution is -2.34. The van der Waals surface area contributed by atoms with Gasteiger partial charge in [0.05, 0.1) is 17.4 Å². The molecule has 2 rings (SSSR count). The third kappa shape index (κ3) is 4.67. The molecule has 0 spiro atoms. The van der Waals surface area contributed by atoms with Crippen molar-refractivity contribution in [3.8, 4) is 0 Å². The Morgan fingerprint density at radius 1 is 1.48 bits per heavy atom. The normalized spacial score (nSPS) is 17.8. The molecule has 0 saturated heterocycles. The van der Waals surface area contributed by atoms with E-state index in [4.69, 9.17) is 0 Å². The number of amides is 1. The molecule has 1 heterocycles. The summed E-state index contributed by atoms with van der Waals surface area (Å²) in [5, 5.41) is 24.6. The van der Waals surface area contributed by atoms with Gasteiger partial charge in [-0.25, -0.2) is 4.68 Å². The van der Waals surface area contributed by atoms with E-state index in [1.807, 2.05) is 20.8 Å². The van der Waals surface area contributed by atoms with Gasteiger partial charge in [-0.05, 0) is 42.5 Å². The minimum absolute atomic E-state index is 0.0543. The van der Waals surface area contributed by atoms with Crippen LogP contribution in [0.2, 0.25) is 0 Å². The standard InChI is InChI=1S/C13H23N5O2S/c1-8(2)11(19)6-7-14-12(20)9(3)21-13-15-16-17-18(13)10-4-5-10/h8-11,19H,4-7H2,1-3H3,(H,14,20)/t9-,11-/m1/s1. The van der Waals surface area contributed by atoms with Crippen molar-refractivity contribution in [1.82, 2.24) is 25.5 Å². The van der Waals surface area contributed by atoms with Crippen molar-refractivity contribution >= 4 is 17.7 Å². The quantitative estimate of drug-likeness (QED) is 0.696. The molecule has 1 aliphatic carbocycles. The number of carbonyl (C=O) groups excluding carboxylic acids is 1. The predicted molar refractivity (Wildman–Crippen MR) is 79.9 cm³/mol. The average Bonchev–Trinajstić information content (AvgIpc) is 3.18. The molecule has 1 aromatic rings. The summed E-state index contributed by atoms with van der Waals surface area (Å²) >= 11 is 1.37. The van der Waals surface area contributed by atoms with E-state index in [0.29, 0.717) is 24.2 Å². The van der Waals surface area contributed by atoms with Crippen molar-refractivity contribution in [2.75, 3.05) is 6.54 Å². The van der Waals surface area contributed by atoms with Crippen LogP contribution in [0.1, 0.15) is 46.1 Å². The lowest BCUT2D eigenvalue weighted by Gasteiger charge is -2.16. The minimum Gasteiger partial charge on any atom is -0.393 e. The van der Waals surface area contributed by atoms with Gasteiger partial charge in [0.2, 0.25) is 11.1 Å². The van der Waals surface area contributed by atoms with Crippen LogP contribution >= 0.6 is 11.8 Å². The van der Waals surface area contributed by atoms with Crippen molar-refractivity contribution in [2.24, 2.45) is 5.92 Å².